The lowest BCUT2D eigenvalue weighted by Gasteiger charge is -2.41. The van der Waals surface area contributed by atoms with E-state index in [1.54, 1.807) is 37.4 Å². The van der Waals surface area contributed by atoms with Crippen molar-refractivity contribution in [3.05, 3.63) is 102 Å². The number of carbonyl (C=O) groups excluding carboxylic acids is 1. The third kappa shape index (κ3) is 8.07. The Kier molecular flexibility index (Phi) is 10.7. The lowest BCUT2D eigenvalue weighted by Crippen LogP contribution is -2.50. The monoisotopic (exact) mass is 619 g/mol. The lowest BCUT2D eigenvalue weighted by atomic mass is 9.77. The molecule has 8 nitrogen and oxygen atoms in total. The normalized spacial score (nSPS) is 17.7. The number of piperidine rings is 1. The van der Waals surface area contributed by atoms with Crippen LogP contribution in [-0.2, 0) is 26.8 Å². The summed E-state index contributed by atoms with van der Waals surface area (Å²) in [5.41, 5.74) is 1.13. The number of aliphatic hydroxyl groups excluding tert-OH is 1. The van der Waals surface area contributed by atoms with Gasteiger partial charge in [-0.3, -0.25) is 0 Å². The summed E-state index contributed by atoms with van der Waals surface area (Å²) in [5, 5.41) is 10.8. The Morgan fingerprint density at radius 1 is 0.909 bits per heavy atom. The molecule has 236 valence electrons. The van der Waals surface area contributed by atoms with Crippen molar-refractivity contribution >= 4 is 16.1 Å². The first kappa shape index (κ1) is 32.2. The second-order valence-electron chi connectivity index (χ2n) is 12.3. The molecule has 1 atom stereocenters. The minimum absolute atomic E-state index is 0.133. The fraction of sp³-hybridized carbons (Fsp3) is 0.457. The van der Waals surface area contributed by atoms with E-state index in [1.165, 1.54) is 17.1 Å². The molecule has 5 rings (SSSR count). The van der Waals surface area contributed by atoms with Gasteiger partial charge in [0.25, 0.3) is 0 Å². The molecule has 0 bridgehead atoms. The van der Waals surface area contributed by atoms with E-state index in [0.29, 0.717) is 18.9 Å². The van der Waals surface area contributed by atoms with Gasteiger partial charge in [0.05, 0.1) is 11.5 Å². The van der Waals surface area contributed by atoms with Gasteiger partial charge in [0.15, 0.2) is 0 Å². The summed E-state index contributed by atoms with van der Waals surface area (Å²) in [6, 6.07) is 28.1. The van der Waals surface area contributed by atoms with E-state index in [2.05, 4.69) is 4.90 Å². The third-order valence-corrected chi connectivity index (χ3v) is 11.0. The van der Waals surface area contributed by atoms with Crippen LogP contribution in [0.4, 0.5) is 4.79 Å². The highest BCUT2D eigenvalue weighted by Gasteiger charge is 2.38. The Hall–Kier alpha value is -3.24. The highest BCUT2D eigenvalue weighted by molar-refractivity contribution is 7.89. The van der Waals surface area contributed by atoms with Crippen LogP contribution in [0.3, 0.4) is 0 Å². The molecule has 2 fully saturated rings. The van der Waals surface area contributed by atoms with Crippen molar-refractivity contribution in [3.63, 3.8) is 0 Å². The van der Waals surface area contributed by atoms with Crippen LogP contribution in [-0.4, -0.2) is 86.1 Å². The number of likely N-dealkylation sites (tertiary alicyclic amines) is 1. The van der Waals surface area contributed by atoms with Crippen LogP contribution >= 0.6 is 0 Å². The molecule has 1 N–H and O–H groups in total. The molecule has 3 aromatic carbocycles. The summed E-state index contributed by atoms with van der Waals surface area (Å²) in [4.78, 5) is 17.8. The number of likely N-dealkylation sites (N-methyl/N-ethyl adjacent to an activating group) is 1. The largest absolute Gasteiger partial charge is 0.445 e. The van der Waals surface area contributed by atoms with Crippen LogP contribution in [0.5, 0.6) is 0 Å². The molecule has 0 radical (unpaired) electrons. The van der Waals surface area contributed by atoms with Crippen molar-refractivity contribution in [2.24, 2.45) is 5.92 Å². The van der Waals surface area contributed by atoms with Crippen LogP contribution in [0, 0.1) is 5.92 Å². The summed E-state index contributed by atoms with van der Waals surface area (Å²) < 4.78 is 33.9. The number of rotatable bonds is 14. The topological polar surface area (TPSA) is 90.4 Å². The van der Waals surface area contributed by atoms with Gasteiger partial charge < -0.3 is 19.6 Å². The maximum absolute atomic E-state index is 13.4. The first-order valence-electron chi connectivity index (χ1n) is 15.7. The van der Waals surface area contributed by atoms with Crippen LogP contribution in [0.2, 0.25) is 0 Å². The highest BCUT2D eigenvalue weighted by Crippen LogP contribution is 2.34. The molecule has 1 saturated heterocycles. The van der Waals surface area contributed by atoms with Crippen molar-refractivity contribution in [3.8, 4) is 0 Å². The molecular weight excluding hydrogens is 574 g/mol. The van der Waals surface area contributed by atoms with Crippen LogP contribution in [0.1, 0.15) is 43.2 Å². The summed E-state index contributed by atoms with van der Waals surface area (Å²) in [6.07, 6.45) is 4.40. The smallest absolute Gasteiger partial charge is 0.410 e. The lowest BCUT2D eigenvalue weighted by molar-refractivity contribution is 0.0557. The summed E-state index contributed by atoms with van der Waals surface area (Å²) in [5.74, 6) is 0.567. The Balaban J connectivity index is 1.22. The quantitative estimate of drug-likeness (QED) is 0.269. The summed E-state index contributed by atoms with van der Waals surface area (Å²) in [7, 11) is -2.14. The summed E-state index contributed by atoms with van der Waals surface area (Å²) >= 11 is 0. The van der Waals surface area contributed by atoms with Gasteiger partial charge in [-0.2, -0.15) is 4.31 Å². The molecule has 0 aromatic heterocycles. The average molecular weight is 620 g/mol. The second-order valence-corrected chi connectivity index (χ2v) is 14.4. The number of hydrogen-bond acceptors (Lipinski definition) is 6. The molecule has 2 aliphatic rings. The zero-order chi connectivity index (χ0) is 31.0. The van der Waals surface area contributed by atoms with E-state index in [4.69, 9.17) is 4.74 Å². The van der Waals surface area contributed by atoms with E-state index in [9.17, 15) is 18.3 Å². The number of sulfonamides is 1. The third-order valence-electron chi connectivity index (χ3n) is 9.16. The highest BCUT2D eigenvalue weighted by atomic mass is 32.2. The zero-order valence-electron chi connectivity index (χ0n) is 25.6. The standard InChI is InChI=1S/C35H45N3O5S/c1-36(44(41,42)33-15-9-4-10-16-33)27-35(28-39,31-13-7-3-8-14-31)21-24-37-22-19-32(20-23-37)38(25-29-17-18-29)34(40)43-26-30-11-5-2-6-12-30/h2-16,29,32,39H,17-28H2,1H3. The molecule has 1 aliphatic carbocycles. The molecule has 1 unspecified atom stereocenters. The van der Waals surface area contributed by atoms with Gasteiger partial charge in [0, 0.05) is 44.7 Å². The van der Waals surface area contributed by atoms with Crippen molar-refractivity contribution in [1.29, 1.82) is 0 Å². The Morgan fingerprint density at radius 2 is 1.50 bits per heavy atom. The minimum atomic E-state index is -3.73. The number of amides is 1. The molecule has 1 heterocycles. The first-order valence-corrected chi connectivity index (χ1v) is 17.1. The second kappa shape index (κ2) is 14.7. The minimum Gasteiger partial charge on any atom is -0.445 e. The van der Waals surface area contributed by atoms with Gasteiger partial charge in [0.2, 0.25) is 10.0 Å². The van der Waals surface area contributed by atoms with Crippen LogP contribution < -0.4 is 0 Å². The van der Waals surface area contributed by atoms with Crippen LogP contribution in [0.25, 0.3) is 0 Å². The maximum atomic E-state index is 13.4. The van der Waals surface area contributed by atoms with Crippen molar-refractivity contribution < 1.29 is 23.1 Å². The number of nitrogens with zero attached hydrogens (tertiary/aromatic N) is 3. The summed E-state index contributed by atoms with van der Waals surface area (Å²) in [6.45, 7) is 3.37. The molecule has 1 amide bonds. The van der Waals surface area contributed by atoms with Crippen molar-refractivity contribution in [2.45, 2.75) is 55.1 Å². The van der Waals surface area contributed by atoms with E-state index in [0.717, 1.165) is 43.6 Å². The molecule has 3 aromatic rings. The number of aliphatic hydroxyl groups is 1. The average Bonchev–Trinajstić information content (AvgIpc) is 3.90. The number of hydrogen-bond donors (Lipinski definition) is 1. The first-order chi connectivity index (χ1) is 21.3. The Morgan fingerprint density at radius 3 is 2.09 bits per heavy atom. The van der Waals surface area contributed by atoms with Gasteiger partial charge in [-0.25, -0.2) is 13.2 Å². The van der Waals surface area contributed by atoms with Gasteiger partial charge in [-0.15, -0.1) is 0 Å². The van der Waals surface area contributed by atoms with Gasteiger partial charge in [-0.05, 0) is 67.8 Å². The predicted octanol–water partition coefficient (Wildman–Crippen LogP) is 5.14. The Bertz CT molecular complexity index is 1430. The zero-order valence-corrected chi connectivity index (χ0v) is 26.4. The predicted molar refractivity (Wildman–Crippen MR) is 172 cm³/mol. The number of benzene rings is 3. The van der Waals surface area contributed by atoms with Crippen LogP contribution in [0.15, 0.2) is 95.9 Å². The molecule has 44 heavy (non-hydrogen) atoms. The molecule has 0 spiro atoms. The van der Waals surface area contributed by atoms with Gasteiger partial charge in [0.1, 0.15) is 6.61 Å². The Labute approximate surface area is 262 Å². The van der Waals surface area contributed by atoms with Crippen molar-refractivity contribution in [2.75, 3.05) is 46.4 Å². The van der Waals surface area contributed by atoms with Gasteiger partial charge in [-0.1, -0.05) is 78.9 Å². The molecule has 9 heteroatoms. The van der Waals surface area contributed by atoms with Gasteiger partial charge >= 0.3 is 6.09 Å². The maximum Gasteiger partial charge on any atom is 0.410 e. The van der Waals surface area contributed by atoms with Crippen molar-refractivity contribution in [1.82, 2.24) is 14.1 Å². The SMILES string of the molecule is CN(CC(CO)(CCN1CCC(N(CC2CC2)C(=O)OCc2ccccc2)CC1)c1ccccc1)S(=O)(=O)c1ccccc1. The van der Waals surface area contributed by atoms with E-state index >= 15 is 0 Å². The molecule has 1 saturated carbocycles. The van der Waals surface area contributed by atoms with E-state index < -0.39 is 15.4 Å². The molecular formula is C35H45N3O5S. The van der Waals surface area contributed by atoms with E-state index in [1.807, 2.05) is 65.6 Å². The fourth-order valence-corrected chi connectivity index (χ4v) is 7.47. The number of carbonyl (C=O) groups is 1. The van der Waals surface area contributed by atoms with E-state index in [-0.39, 0.29) is 36.8 Å². The molecule has 1 aliphatic heterocycles. The fourth-order valence-electron chi connectivity index (χ4n) is 6.19. The number of ether oxygens (including phenoxy) is 1.